The topological polar surface area (TPSA) is 15.3 Å². The van der Waals surface area contributed by atoms with Crippen molar-refractivity contribution in [1.82, 2.24) is 5.32 Å². The molecule has 0 bridgehead atoms. The molecule has 0 amide bonds. The van der Waals surface area contributed by atoms with Crippen LogP contribution >= 0.6 is 0 Å². The zero-order chi connectivity index (χ0) is 13.3. The molecule has 3 rings (SSSR count). The SMILES string of the molecule is Cc1ccc2c(c1)CCCN2CC1(C)CCNCC1. The summed E-state index contributed by atoms with van der Waals surface area (Å²) in [6.45, 7) is 9.50. The lowest BCUT2D eigenvalue weighted by atomic mass is 9.80. The second kappa shape index (κ2) is 5.16. The smallest absolute Gasteiger partial charge is 0.0399 e. The van der Waals surface area contributed by atoms with Gasteiger partial charge in [0.05, 0.1) is 0 Å². The van der Waals surface area contributed by atoms with Crippen molar-refractivity contribution in [3.05, 3.63) is 29.3 Å². The Morgan fingerprint density at radius 1 is 1.26 bits per heavy atom. The van der Waals surface area contributed by atoms with Gasteiger partial charge in [0.2, 0.25) is 0 Å². The third kappa shape index (κ3) is 2.79. The van der Waals surface area contributed by atoms with Crippen LogP contribution in [-0.4, -0.2) is 26.2 Å². The summed E-state index contributed by atoms with van der Waals surface area (Å²) >= 11 is 0. The quantitative estimate of drug-likeness (QED) is 0.876. The van der Waals surface area contributed by atoms with Crippen LogP contribution < -0.4 is 10.2 Å². The third-order valence-corrected chi connectivity index (χ3v) is 4.83. The van der Waals surface area contributed by atoms with Gasteiger partial charge in [0, 0.05) is 18.8 Å². The van der Waals surface area contributed by atoms with E-state index < -0.39 is 0 Å². The van der Waals surface area contributed by atoms with Gasteiger partial charge in [0.1, 0.15) is 0 Å². The Morgan fingerprint density at radius 2 is 2.05 bits per heavy atom. The standard InChI is InChI=1S/C17H26N2/c1-14-5-6-16-15(12-14)4-3-11-19(16)13-17(2)7-9-18-10-8-17/h5-6,12,18H,3-4,7-11,13H2,1-2H3. The van der Waals surface area contributed by atoms with E-state index >= 15 is 0 Å². The molecular weight excluding hydrogens is 232 g/mol. The molecule has 0 aromatic heterocycles. The maximum Gasteiger partial charge on any atom is 0.0399 e. The van der Waals surface area contributed by atoms with Crippen molar-refractivity contribution < 1.29 is 0 Å². The Balaban J connectivity index is 1.79. The summed E-state index contributed by atoms with van der Waals surface area (Å²) in [5.41, 5.74) is 4.94. The van der Waals surface area contributed by atoms with Gasteiger partial charge in [-0.3, -0.25) is 0 Å². The number of nitrogens with zero attached hydrogens (tertiary/aromatic N) is 1. The maximum atomic E-state index is 3.49. The van der Waals surface area contributed by atoms with Crippen LogP contribution in [0.4, 0.5) is 5.69 Å². The maximum absolute atomic E-state index is 3.49. The highest BCUT2D eigenvalue weighted by molar-refractivity contribution is 5.56. The predicted molar refractivity (Wildman–Crippen MR) is 81.9 cm³/mol. The normalized spacial score (nSPS) is 22.1. The van der Waals surface area contributed by atoms with E-state index in [-0.39, 0.29) is 0 Å². The van der Waals surface area contributed by atoms with Gasteiger partial charge in [0.25, 0.3) is 0 Å². The predicted octanol–water partition coefficient (Wildman–Crippen LogP) is 3.14. The van der Waals surface area contributed by atoms with Gasteiger partial charge in [-0.2, -0.15) is 0 Å². The molecule has 2 heterocycles. The Morgan fingerprint density at radius 3 is 2.84 bits per heavy atom. The zero-order valence-corrected chi connectivity index (χ0v) is 12.3. The van der Waals surface area contributed by atoms with Crippen molar-refractivity contribution in [3.63, 3.8) is 0 Å². The lowest BCUT2D eigenvalue weighted by molar-refractivity contribution is 0.233. The molecule has 0 saturated carbocycles. The van der Waals surface area contributed by atoms with E-state index in [1.165, 1.54) is 63.1 Å². The Bertz CT molecular complexity index is 447. The number of fused-ring (bicyclic) bond motifs is 1. The minimum atomic E-state index is 0.491. The average Bonchev–Trinajstić information content (AvgIpc) is 2.39. The van der Waals surface area contributed by atoms with Gasteiger partial charge in [0.15, 0.2) is 0 Å². The molecule has 1 aromatic carbocycles. The molecule has 0 spiro atoms. The van der Waals surface area contributed by atoms with E-state index in [4.69, 9.17) is 0 Å². The van der Waals surface area contributed by atoms with Gasteiger partial charge >= 0.3 is 0 Å². The van der Waals surface area contributed by atoms with Crippen LogP contribution in [0.25, 0.3) is 0 Å². The van der Waals surface area contributed by atoms with E-state index in [0.29, 0.717) is 5.41 Å². The van der Waals surface area contributed by atoms with E-state index in [9.17, 15) is 0 Å². The highest BCUT2D eigenvalue weighted by atomic mass is 15.1. The summed E-state index contributed by atoms with van der Waals surface area (Å²) in [4.78, 5) is 2.64. The number of hydrogen-bond acceptors (Lipinski definition) is 2. The first-order valence-electron chi connectivity index (χ1n) is 7.72. The Labute approximate surface area is 117 Å². The molecule has 19 heavy (non-hydrogen) atoms. The van der Waals surface area contributed by atoms with E-state index in [1.807, 2.05) is 0 Å². The van der Waals surface area contributed by atoms with Crippen LogP contribution in [0.1, 0.15) is 37.3 Å². The fourth-order valence-corrected chi connectivity index (χ4v) is 3.62. The number of nitrogens with one attached hydrogen (secondary N) is 1. The van der Waals surface area contributed by atoms with Crippen molar-refractivity contribution in [2.45, 2.75) is 39.5 Å². The molecule has 1 fully saturated rings. The van der Waals surface area contributed by atoms with Gasteiger partial charge in [-0.25, -0.2) is 0 Å². The summed E-state index contributed by atoms with van der Waals surface area (Å²) in [7, 11) is 0. The first-order chi connectivity index (χ1) is 9.16. The summed E-state index contributed by atoms with van der Waals surface area (Å²) < 4.78 is 0. The average molecular weight is 258 g/mol. The van der Waals surface area contributed by atoms with Crippen LogP contribution in [0.3, 0.4) is 0 Å². The number of hydrogen-bond donors (Lipinski definition) is 1. The van der Waals surface area contributed by atoms with Crippen molar-refractivity contribution >= 4 is 5.69 Å². The van der Waals surface area contributed by atoms with Crippen molar-refractivity contribution in [1.29, 1.82) is 0 Å². The summed E-state index contributed by atoms with van der Waals surface area (Å²) in [6, 6.07) is 6.99. The number of rotatable bonds is 2. The molecule has 2 nitrogen and oxygen atoms in total. The van der Waals surface area contributed by atoms with Crippen molar-refractivity contribution in [3.8, 4) is 0 Å². The van der Waals surface area contributed by atoms with Crippen LogP contribution in [0, 0.1) is 12.3 Å². The second-order valence-electron chi connectivity index (χ2n) is 6.72. The molecule has 0 aliphatic carbocycles. The highest BCUT2D eigenvalue weighted by Crippen LogP contribution is 2.34. The first kappa shape index (κ1) is 13.0. The minimum absolute atomic E-state index is 0.491. The number of aryl methyl sites for hydroxylation is 2. The van der Waals surface area contributed by atoms with Crippen LogP contribution in [0.2, 0.25) is 0 Å². The van der Waals surface area contributed by atoms with E-state index in [1.54, 1.807) is 5.56 Å². The monoisotopic (exact) mass is 258 g/mol. The summed E-state index contributed by atoms with van der Waals surface area (Å²) in [5, 5.41) is 3.49. The third-order valence-electron chi connectivity index (χ3n) is 4.83. The van der Waals surface area contributed by atoms with E-state index in [0.717, 1.165) is 0 Å². The summed E-state index contributed by atoms with van der Waals surface area (Å²) in [6.07, 6.45) is 5.19. The van der Waals surface area contributed by atoms with Crippen LogP contribution in [-0.2, 0) is 6.42 Å². The number of benzene rings is 1. The Hall–Kier alpha value is -1.02. The summed E-state index contributed by atoms with van der Waals surface area (Å²) in [5.74, 6) is 0. The molecule has 0 atom stereocenters. The highest BCUT2D eigenvalue weighted by Gasteiger charge is 2.30. The number of piperidine rings is 1. The van der Waals surface area contributed by atoms with Gasteiger partial charge in [-0.15, -0.1) is 0 Å². The molecule has 2 aliphatic heterocycles. The molecule has 1 aromatic rings. The van der Waals surface area contributed by atoms with Gasteiger partial charge in [-0.05, 0) is 62.7 Å². The van der Waals surface area contributed by atoms with Gasteiger partial charge in [-0.1, -0.05) is 24.6 Å². The second-order valence-corrected chi connectivity index (χ2v) is 6.72. The molecular formula is C17H26N2. The largest absolute Gasteiger partial charge is 0.371 e. The lowest BCUT2D eigenvalue weighted by Gasteiger charge is -2.41. The van der Waals surface area contributed by atoms with Crippen molar-refractivity contribution in [2.24, 2.45) is 5.41 Å². The molecule has 1 saturated heterocycles. The van der Waals surface area contributed by atoms with Crippen molar-refractivity contribution in [2.75, 3.05) is 31.1 Å². The Kier molecular flexibility index (Phi) is 3.53. The fraction of sp³-hybridized carbons (Fsp3) is 0.647. The van der Waals surface area contributed by atoms with Gasteiger partial charge < -0.3 is 10.2 Å². The molecule has 1 N–H and O–H groups in total. The molecule has 2 heteroatoms. The van der Waals surface area contributed by atoms with Crippen LogP contribution in [0.15, 0.2) is 18.2 Å². The number of anilines is 1. The first-order valence-corrected chi connectivity index (χ1v) is 7.72. The zero-order valence-electron chi connectivity index (χ0n) is 12.3. The van der Waals surface area contributed by atoms with Crippen LogP contribution in [0.5, 0.6) is 0 Å². The molecule has 0 radical (unpaired) electrons. The fourth-order valence-electron chi connectivity index (χ4n) is 3.62. The molecule has 0 unspecified atom stereocenters. The molecule has 2 aliphatic rings. The minimum Gasteiger partial charge on any atom is -0.371 e. The lowest BCUT2D eigenvalue weighted by Crippen LogP contribution is -2.44. The van der Waals surface area contributed by atoms with E-state index in [2.05, 4.69) is 42.3 Å². The molecule has 104 valence electrons.